The number of hydrogen-bond donors (Lipinski definition) is 0. The van der Waals surface area contributed by atoms with Crippen LogP contribution in [0.5, 0.6) is 0 Å². The van der Waals surface area contributed by atoms with E-state index in [1.54, 1.807) is 12.1 Å². The van der Waals surface area contributed by atoms with Crippen molar-refractivity contribution in [3.8, 4) is 22.5 Å². The minimum Gasteiger partial charge on any atom is -0.236 e. The van der Waals surface area contributed by atoms with Crippen molar-refractivity contribution < 1.29 is 8.78 Å². The van der Waals surface area contributed by atoms with Crippen LogP contribution in [0.3, 0.4) is 0 Å². The number of rotatable bonds is 14. The van der Waals surface area contributed by atoms with E-state index in [0.717, 1.165) is 43.2 Å². The molecule has 0 aliphatic rings. The van der Waals surface area contributed by atoms with Crippen molar-refractivity contribution in [2.24, 2.45) is 0 Å². The standard InChI is InChI=1S/C30H38F2N2/c1-3-5-7-9-11-13-23-21-33-30(34-22-23)26-17-15-24(16-18-26)27-20-19-25(28(31)29(27)32)14-12-10-8-6-4-2/h15-22H,3-14H2,1-2H3. The van der Waals surface area contributed by atoms with E-state index in [1.165, 1.54) is 38.5 Å². The maximum atomic E-state index is 14.8. The molecular weight excluding hydrogens is 426 g/mol. The van der Waals surface area contributed by atoms with Crippen LogP contribution < -0.4 is 0 Å². The summed E-state index contributed by atoms with van der Waals surface area (Å²) in [5.74, 6) is -0.838. The first-order valence-corrected chi connectivity index (χ1v) is 13.0. The van der Waals surface area contributed by atoms with Crippen molar-refractivity contribution in [2.75, 3.05) is 0 Å². The molecule has 0 saturated heterocycles. The van der Waals surface area contributed by atoms with E-state index in [4.69, 9.17) is 0 Å². The third-order valence-corrected chi connectivity index (χ3v) is 6.44. The molecule has 4 heteroatoms. The molecule has 0 bridgehead atoms. The van der Waals surface area contributed by atoms with Gasteiger partial charge in [0.1, 0.15) is 0 Å². The highest BCUT2D eigenvalue weighted by Gasteiger charge is 2.15. The Kier molecular flexibility index (Phi) is 10.7. The number of unbranched alkanes of at least 4 members (excludes halogenated alkanes) is 8. The Hall–Kier alpha value is -2.62. The van der Waals surface area contributed by atoms with E-state index in [2.05, 4.69) is 23.8 Å². The average Bonchev–Trinajstić information content (AvgIpc) is 2.87. The first-order chi connectivity index (χ1) is 16.6. The van der Waals surface area contributed by atoms with Gasteiger partial charge in [0.05, 0.1) is 0 Å². The summed E-state index contributed by atoms with van der Waals surface area (Å²) in [6.45, 7) is 4.39. The van der Waals surface area contributed by atoms with Gasteiger partial charge >= 0.3 is 0 Å². The fraction of sp³-hybridized carbons (Fsp3) is 0.467. The fourth-order valence-corrected chi connectivity index (χ4v) is 4.29. The SMILES string of the molecule is CCCCCCCc1cnc(-c2ccc(-c3ccc(CCCCCCC)c(F)c3F)cc2)nc1. The normalized spacial score (nSPS) is 11.2. The number of halogens is 2. The van der Waals surface area contributed by atoms with Gasteiger partial charge in [-0.3, -0.25) is 0 Å². The molecule has 3 aromatic rings. The Bertz CT molecular complexity index is 998. The number of nitrogens with zero attached hydrogens (tertiary/aromatic N) is 2. The molecule has 0 fully saturated rings. The van der Waals surface area contributed by atoms with Gasteiger partial charge in [-0.15, -0.1) is 0 Å². The first-order valence-electron chi connectivity index (χ1n) is 13.0. The average molecular weight is 465 g/mol. The third kappa shape index (κ3) is 7.44. The van der Waals surface area contributed by atoms with Crippen LogP contribution >= 0.6 is 0 Å². The van der Waals surface area contributed by atoms with Crippen LogP contribution in [0.1, 0.15) is 89.2 Å². The second-order valence-electron chi connectivity index (χ2n) is 9.22. The van der Waals surface area contributed by atoms with Crippen LogP contribution in [0.4, 0.5) is 8.78 Å². The largest absolute Gasteiger partial charge is 0.236 e. The van der Waals surface area contributed by atoms with E-state index in [-0.39, 0.29) is 5.56 Å². The maximum absolute atomic E-state index is 14.8. The lowest BCUT2D eigenvalue weighted by Crippen LogP contribution is -1.98. The fourth-order valence-electron chi connectivity index (χ4n) is 4.29. The molecule has 0 aliphatic heterocycles. The molecule has 0 atom stereocenters. The molecule has 0 aliphatic carbocycles. The highest BCUT2D eigenvalue weighted by molar-refractivity contribution is 5.68. The van der Waals surface area contributed by atoms with Gasteiger partial charge in [0.25, 0.3) is 0 Å². The molecule has 3 rings (SSSR count). The predicted octanol–water partition coefficient (Wildman–Crippen LogP) is 9.11. The van der Waals surface area contributed by atoms with Crippen molar-refractivity contribution in [3.05, 3.63) is 71.6 Å². The molecular formula is C30H38F2N2. The molecule has 34 heavy (non-hydrogen) atoms. The number of benzene rings is 2. The zero-order valence-electron chi connectivity index (χ0n) is 20.8. The van der Waals surface area contributed by atoms with E-state index < -0.39 is 11.6 Å². The summed E-state index contributed by atoms with van der Waals surface area (Å²) in [5.41, 5.74) is 3.42. The van der Waals surface area contributed by atoms with Crippen molar-refractivity contribution in [1.82, 2.24) is 9.97 Å². The number of aryl methyl sites for hydroxylation is 2. The summed E-state index contributed by atoms with van der Waals surface area (Å²) in [7, 11) is 0. The van der Waals surface area contributed by atoms with Gasteiger partial charge in [0.15, 0.2) is 17.5 Å². The molecule has 0 spiro atoms. The topological polar surface area (TPSA) is 25.8 Å². The lowest BCUT2D eigenvalue weighted by atomic mass is 9.98. The van der Waals surface area contributed by atoms with E-state index in [1.807, 2.05) is 36.7 Å². The highest BCUT2D eigenvalue weighted by Crippen LogP contribution is 2.29. The quantitative estimate of drug-likeness (QED) is 0.222. The van der Waals surface area contributed by atoms with Gasteiger partial charge in [-0.2, -0.15) is 0 Å². The summed E-state index contributed by atoms with van der Waals surface area (Å²) in [5, 5.41) is 0. The van der Waals surface area contributed by atoms with Crippen LogP contribution in [0.2, 0.25) is 0 Å². The Morgan fingerprint density at radius 2 is 1.15 bits per heavy atom. The molecule has 0 radical (unpaired) electrons. The van der Waals surface area contributed by atoms with Gasteiger partial charge in [-0.1, -0.05) is 102 Å². The van der Waals surface area contributed by atoms with E-state index >= 15 is 0 Å². The minimum atomic E-state index is -0.765. The molecule has 2 nitrogen and oxygen atoms in total. The monoisotopic (exact) mass is 464 g/mol. The zero-order chi connectivity index (χ0) is 24.2. The first kappa shape index (κ1) is 26.0. The number of hydrogen-bond acceptors (Lipinski definition) is 2. The molecule has 0 N–H and O–H groups in total. The summed E-state index contributed by atoms with van der Waals surface area (Å²) in [6.07, 6.45) is 17.1. The lowest BCUT2D eigenvalue weighted by molar-refractivity contribution is 0.497. The minimum absolute atomic E-state index is 0.290. The lowest BCUT2D eigenvalue weighted by Gasteiger charge is -2.10. The zero-order valence-corrected chi connectivity index (χ0v) is 20.8. The second kappa shape index (κ2) is 13.9. The molecule has 0 amide bonds. The molecule has 1 aromatic heterocycles. The van der Waals surface area contributed by atoms with Crippen molar-refractivity contribution in [1.29, 1.82) is 0 Å². The summed E-state index contributed by atoms with van der Waals surface area (Å²) in [6, 6.07) is 10.8. The molecule has 0 saturated carbocycles. The van der Waals surface area contributed by atoms with Gasteiger partial charge in [-0.25, -0.2) is 18.7 Å². The van der Waals surface area contributed by atoms with Crippen molar-refractivity contribution >= 4 is 0 Å². The molecule has 2 aromatic carbocycles. The summed E-state index contributed by atoms with van der Waals surface area (Å²) >= 11 is 0. The van der Waals surface area contributed by atoms with E-state index in [9.17, 15) is 8.78 Å². The predicted molar refractivity (Wildman–Crippen MR) is 138 cm³/mol. The smallest absolute Gasteiger partial charge is 0.166 e. The van der Waals surface area contributed by atoms with Crippen molar-refractivity contribution in [3.63, 3.8) is 0 Å². The van der Waals surface area contributed by atoms with Gasteiger partial charge < -0.3 is 0 Å². The van der Waals surface area contributed by atoms with Crippen LogP contribution in [-0.2, 0) is 12.8 Å². The summed E-state index contributed by atoms with van der Waals surface area (Å²) in [4.78, 5) is 9.02. The number of aromatic nitrogens is 2. The molecule has 0 unspecified atom stereocenters. The third-order valence-electron chi connectivity index (χ3n) is 6.44. The van der Waals surface area contributed by atoms with Crippen LogP contribution in [0, 0.1) is 11.6 Å². The Morgan fingerprint density at radius 3 is 1.76 bits per heavy atom. The van der Waals surface area contributed by atoms with Crippen LogP contribution in [-0.4, -0.2) is 9.97 Å². The Balaban J connectivity index is 1.61. The highest BCUT2D eigenvalue weighted by atomic mass is 19.2. The van der Waals surface area contributed by atoms with Gasteiger partial charge in [0, 0.05) is 23.5 Å². The van der Waals surface area contributed by atoms with Gasteiger partial charge in [-0.05, 0) is 42.4 Å². The van der Waals surface area contributed by atoms with Crippen LogP contribution in [0.25, 0.3) is 22.5 Å². The Labute approximate surface area is 203 Å². The van der Waals surface area contributed by atoms with Gasteiger partial charge in [0.2, 0.25) is 0 Å². The Morgan fingerprint density at radius 1 is 0.588 bits per heavy atom. The molecule has 182 valence electrons. The van der Waals surface area contributed by atoms with E-state index in [0.29, 0.717) is 23.4 Å². The maximum Gasteiger partial charge on any atom is 0.166 e. The summed E-state index contributed by atoms with van der Waals surface area (Å²) < 4.78 is 29.5. The second-order valence-corrected chi connectivity index (χ2v) is 9.22. The molecule has 1 heterocycles. The van der Waals surface area contributed by atoms with Crippen LogP contribution in [0.15, 0.2) is 48.8 Å². The van der Waals surface area contributed by atoms with Crippen molar-refractivity contribution in [2.45, 2.75) is 90.9 Å².